The first-order chi connectivity index (χ1) is 17.6. The number of anilines is 1. The number of hydrogen-bond acceptors (Lipinski definition) is 4. The standard InChI is InChI=1S/C30H31ClN2O2S/c1-21-9-5-8-14-27(21)33-29(34)28(36-30(33)32-24-11-3-2-4-12-24)19-22-15-17-25(18-16-22)35-20-23-10-6-7-13-26(23)31/h2-4,6-7,10-13,15-19,21,27,30,32H,5,8-9,14,20H2,1H3/b28-19-/t21-,27+,30?/m0/s1. The third-order valence-corrected chi connectivity index (χ3v) is 8.44. The molecule has 1 saturated carbocycles. The normalized spacial score (nSPS) is 23.2. The van der Waals surface area contributed by atoms with Gasteiger partial charge < -0.3 is 15.0 Å². The molecule has 1 saturated heterocycles. The Hall–Kier alpha value is -2.89. The van der Waals surface area contributed by atoms with Crippen LogP contribution in [-0.4, -0.2) is 22.3 Å². The zero-order valence-corrected chi connectivity index (χ0v) is 22.0. The van der Waals surface area contributed by atoms with Crippen molar-refractivity contribution >= 4 is 41.0 Å². The molecule has 2 aliphatic rings. The number of nitrogens with one attached hydrogen (secondary N) is 1. The van der Waals surface area contributed by atoms with Crippen molar-refractivity contribution in [3.63, 3.8) is 0 Å². The van der Waals surface area contributed by atoms with Crippen molar-refractivity contribution in [2.24, 2.45) is 5.92 Å². The summed E-state index contributed by atoms with van der Waals surface area (Å²) in [5.41, 5.74) is 2.84. The molecule has 1 amide bonds. The molecule has 186 valence electrons. The van der Waals surface area contributed by atoms with Crippen LogP contribution in [0.5, 0.6) is 5.75 Å². The maximum absolute atomic E-state index is 13.7. The largest absolute Gasteiger partial charge is 0.489 e. The van der Waals surface area contributed by atoms with Gasteiger partial charge in [-0.1, -0.05) is 91.7 Å². The van der Waals surface area contributed by atoms with E-state index in [1.807, 2.05) is 72.8 Å². The highest BCUT2D eigenvalue weighted by atomic mass is 35.5. The summed E-state index contributed by atoms with van der Waals surface area (Å²) in [4.78, 5) is 16.5. The fourth-order valence-electron chi connectivity index (χ4n) is 4.96. The molecular weight excluding hydrogens is 488 g/mol. The van der Waals surface area contributed by atoms with Crippen molar-refractivity contribution in [2.75, 3.05) is 5.32 Å². The van der Waals surface area contributed by atoms with Crippen LogP contribution in [0.25, 0.3) is 6.08 Å². The molecule has 6 heteroatoms. The molecule has 3 aromatic carbocycles. The number of halogens is 1. The van der Waals surface area contributed by atoms with Gasteiger partial charge in [0.2, 0.25) is 0 Å². The van der Waals surface area contributed by atoms with Gasteiger partial charge in [0.1, 0.15) is 12.4 Å². The van der Waals surface area contributed by atoms with Gasteiger partial charge in [-0.05, 0) is 60.7 Å². The minimum absolute atomic E-state index is 0.116. The van der Waals surface area contributed by atoms with E-state index in [1.54, 1.807) is 11.8 Å². The van der Waals surface area contributed by atoms with E-state index in [4.69, 9.17) is 16.3 Å². The Kier molecular flexibility index (Phi) is 7.88. The van der Waals surface area contributed by atoms with E-state index < -0.39 is 0 Å². The highest BCUT2D eigenvalue weighted by Gasteiger charge is 2.42. The van der Waals surface area contributed by atoms with Gasteiger partial charge in [0.15, 0.2) is 5.50 Å². The molecule has 0 radical (unpaired) electrons. The molecule has 1 aliphatic carbocycles. The first kappa shape index (κ1) is 24.8. The Labute approximate surface area is 222 Å². The number of hydrogen-bond donors (Lipinski definition) is 1. The third kappa shape index (κ3) is 5.74. The van der Waals surface area contributed by atoms with Crippen LogP contribution in [-0.2, 0) is 11.4 Å². The van der Waals surface area contributed by atoms with E-state index in [-0.39, 0.29) is 17.4 Å². The van der Waals surface area contributed by atoms with Gasteiger partial charge in [0.25, 0.3) is 5.91 Å². The Balaban J connectivity index is 1.32. The molecule has 5 rings (SSSR count). The van der Waals surface area contributed by atoms with Crippen LogP contribution < -0.4 is 10.1 Å². The van der Waals surface area contributed by atoms with Gasteiger partial charge in [0, 0.05) is 22.3 Å². The van der Waals surface area contributed by atoms with Crippen molar-refractivity contribution in [1.29, 1.82) is 0 Å². The topological polar surface area (TPSA) is 41.6 Å². The predicted molar refractivity (Wildman–Crippen MR) is 150 cm³/mol. The second-order valence-corrected chi connectivity index (χ2v) is 11.0. The highest BCUT2D eigenvalue weighted by Crippen LogP contribution is 2.42. The van der Waals surface area contributed by atoms with Gasteiger partial charge in [-0.15, -0.1) is 0 Å². The molecule has 0 aromatic heterocycles. The minimum atomic E-state index is -0.116. The van der Waals surface area contributed by atoms with E-state index in [9.17, 15) is 4.79 Å². The lowest BCUT2D eigenvalue weighted by Crippen LogP contribution is -2.48. The second kappa shape index (κ2) is 11.4. The van der Waals surface area contributed by atoms with Crippen LogP contribution in [0.4, 0.5) is 5.69 Å². The molecule has 3 aromatic rings. The lowest BCUT2D eigenvalue weighted by Gasteiger charge is -2.39. The third-order valence-electron chi connectivity index (χ3n) is 6.95. The first-order valence-electron chi connectivity index (χ1n) is 12.6. The van der Waals surface area contributed by atoms with Crippen LogP contribution in [0.3, 0.4) is 0 Å². The fraction of sp³-hybridized carbons (Fsp3) is 0.300. The van der Waals surface area contributed by atoms with Gasteiger partial charge in [-0.2, -0.15) is 0 Å². The molecule has 1 heterocycles. The monoisotopic (exact) mass is 518 g/mol. The van der Waals surface area contributed by atoms with E-state index in [0.29, 0.717) is 17.5 Å². The van der Waals surface area contributed by atoms with Gasteiger partial charge >= 0.3 is 0 Å². The molecule has 0 bridgehead atoms. The minimum Gasteiger partial charge on any atom is -0.489 e. The number of benzene rings is 3. The summed E-state index contributed by atoms with van der Waals surface area (Å²) < 4.78 is 5.92. The number of rotatable bonds is 7. The van der Waals surface area contributed by atoms with E-state index in [2.05, 4.69) is 29.3 Å². The maximum atomic E-state index is 13.7. The van der Waals surface area contributed by atoms with Crippen molar-refractivity contribution in [3.8, 4) is 5.75 Å². The summed E-state index contributed by atoms with van der Waals surface area (Å²) in [5.74, 6) is 1.38. The Bertz CT molecular complexity index is 1220. The first-order valence-corrected chi connectivity index (χ1v) is 13.8. The summed E-state index contributed by atoms with van der Waals surface area (Å²) in [5, 5.41) is 4.30. The van der Waals surface area contributed by atoms with Crippen molar-refractivity contribution in [3.05, 3.63) is 99.9 Å². The molecule has 3 atom stereocenters. The van der Waals surface area contributed by atoms with Crippen LogP contribution >= 0.6 is 23.4 Å². The zero-order valence-electron chi connectivity index (χ0n) is 20.4. The molecule has 4 nitrogen and oxygen atoms in total. The lowest BCUT2D eigenvalue weighted by molar-refractivity contribution is -0.129. The van der Waals surface area contributed by atoms with Crippen LogP contribution in [0, 0.1) is 5.92 Å². The number of nitrogens with zero attached hydrogens (tertiary/aromatic N) is 1. The zero-order chi connectivity index (χ0) is 24.9. The Morgan fingerprint density at radius 2 is 1.72 bits per heavy atom. The summed E-state index contributed by atoms with van der Waals surface area (Å²) in [6.07, 6.45) is 6.66. The van der Waals surface area contributed by atoms with Crippen LogP contribution in [0.2, 0.25) is 5.02 Å². The van der Waals surface area contributed by atoms with Crippen molar-refractivity contribution < 1.29 is 9.53 Å². The Morgan fingerprint density at radius 1 is 1.00 bits per heavy atom. The molecule has 2 fully saturated rings. The number of carbonyl (C=O) groups is 1. The quantitative estimate of drug-likeness (QED) is 0.324. The summed E-state index contributed by atoms with van der Waals surface area (Å²) in [6.45, 7) is 2.69. The summed E-state index contributed by atoms with van der Waals surface area (Å²) >= 11 is 7.84. The predicted octanol–water partition coefficient (Wildman–Crippen LogP) is 7.81. The number of amides is 1. The van der Waals surface area contributed by atoms with Crippen LogP contribution in [0.15, 0.2) is 83.8 Å². The SMILES string of the molecule is C[C@H]1CCCC[C@H]1N1C(=O)/C(=C/c2ccc(OCc3ccccc3Cl)cc2)SC1Nc1ccccc1. The fourth-order valence-corrected chi connectivity index (χ4v) is 6.36. The van der Waals surface area contributed by atoms with E-state index in [1.165, 1.54) is 19.3 Å². The van der Waals surface area contributed by atoms with Crippen LogP contribution in [0.1, 0.15) is 43.7 Å². The lowest BCUT2D eigenvalue weighted by atomic mass is 9.85. The number of carbonyl (C=O) groups excluding carboxylic acids is 1. The smallest absolute Gasteiger partial charge is 0.262 e. The van der Waals surface area contributed by atoms with Gasteiger partial charge in [0.05, 0.1) is 4.91 Å². The Morgan fingerprint density at radius 3 is 2.47 bits per heavy atom. The average molecular weight is 519 g/mol. The highest BCUT2D eigenvalue weighted by molar-refractivity contribution is 8.05. The van der Waals surface area contributed by atoms with Crippen molar-refractivity contribution in [1.82, 2.24) is 4.90 Å². The number of ether oxygens (including phenoxy) is 1. The molecule has 1 unspecified atom stereocenters. The summed E-state index contributed by atoms with van der Waals surface area (Å²) in [6, 6.07) is 26.0. The molecule has 1 N–H and O–H groups in total. The maximum Gasteiger partial charge on any atom is 0.262 e. The van der Waals surface area contributed by atoms with Crippen molar-refractivity contribution in [2.45, 2.75) is 50.8 Å². The average Bonchev–Trinajstić information content (AvgIpc) is 3.19. The van der Waals surface area contributed by atoms with E-state index in [0.717, 1.165) is 33.9 Å². The summed E-state index contributed by atoms with van der Waals surface area (Å²) in [7, 11) is 0. The van der Waals surface area contributed by atoms with Gasteiger partial charge in [-0.3, -0.25) is 4.79 Å². The molecular formula is C30H31ClN2O2S. The molecule has 36 heavy (non-hydrogen) atoms. The molecule has 0 spiro atoms. The second-order valence-electron chi connectivity index (χ2n) is 9.48. The number of para-hydroxylation sites is 1. The van der Waals surface area contributed by atoms with Gasteiger partial charge in [-0.25, -0.2) is 0 Å². The number of thioether (sulfide) groups is 1. The molecule has 1 aliphatic heterocycles. The van der Waals surface area contributed by atoms with E-state index >= 15 is 0 Å².